The average molecular weight is 341 g/mol. The van der Waals surface area contributed by atoms with Gasteiger partial charge in [0.15, 0.2) is 5.76 Å². The molecule has 2 aromatic heterocycles. The summed E-state index contributed by atoms with van der Waals surface area (Å²) in [5.74, 6) is 1.01. The number of hydrogen-bond acceptors (Lipinski definition) is 4. The second-order valence-corrected chi connectivity index (χ2v) is 5.98. The van der Waals surface area contributed by atoms with Gasteiger partial charge in [-0.3, -0.25) is 4.79 Å². The van der Waals surface area contributed by atoms with Gasteiger partial charge in [0.1, 0.15) is 18.0 Å². The molecule has 0 saturated carbocycles. The van der Waals surface area contributed by atoms with Crippen molar-refractivity contribution in [2.45, 2.75) is 33.3 Å². The highest BCUT2D eigenvalue weighted by molar-refractivity contribution is 5.99. The molecule has 0 aliphatic carbocycles. The zero-order chi connectivity index (χ0) is 17.6. The van der Waals surface area contributed by atoms with E-state index >= 15 is 0 Å². The van der Waals surface area contributed by atoms with Gasteiger partial charge in [-0.15, -0.1) is 0 Å². The van der Waals surface area contributed by atoms with Gasteiger partial charge >= 0.3 is 0 Å². The summed E-state index contributed by atoms with van der Waals surface area (Å²) in [6.45, 7) is 5.57. The van der Waals surface area contributed by atoms with Crippen LogP contribution in [0, 0.1) is 6.92 Å². The highest BCUT2D eigenvalue weighted by atomic mass is 16.5. The summed E-state index contributed by atoms with van der Waals surface area (Å²) >= 11 is 0. The predicted molar refractivity (Wildman–Crippen MR) is 95.6 cm³/mol. The van der Waals surface area contributed by atoms with Crippen molar-refractivity contribution in [2.75, 3.05) is 13.2 Å². The van der Waals surface area contributed by atoms with Crippen LogP contribution in [0.5, 0.6) is 0 Å². The minimum atomic E-state index is -0.183. The van der Waals surface area contributed by atoms with Crippen LogP contribution in [0.4, 0.5) is 0 Å². The van der Waals surface area contributed by atoms with Gasteiger partial charge in [0.25, 0.3) is 5.91 Å². The molecular weight excluding hydrogens is 318 g/mol. The highest BCUT2D eigenvalue weighted by Crippen LogP contribution is 2.26. The summed E-state index contributed by atoms with van der Waals surface area (Å²) in [4.78, 5) is 12.3. The van der Waals surface area contributed by atoms with Crippen LogP contribution >= 0.6 is 0 Å². The Balaban J connectivity index is 1.49. The first kappa shape index (κ1) is 17.3. The summed E-state index contributed by atoms with van der Waals surface area (Å²) in [5, 5.41) is 3.89. The van der Waals surface area contributed by atoms with E-state index in [4.69, 9.17) is 13.6 Å². The number of carbonyl (C=O) groups excluding carboxylic acids is 1. The predicted octanol–water partition coefficient (Wildman–Crippen LogP) is 4.23. The van der Waals surface area contributed by atoms with Crippen LogP contribution in [0.15, 0.2) is 45.4 Å². The Morgan fingerprint density at radius 1 is 1.28 bits per heavy atom. The number of rotatable bonds is 8. The molecule has 0 fully saturated rings. The molecule has 3 aromatic rings. The van der Waals surface area contributed by atoms with Crippen molar-refractivity contribution >= 4 is 16.9 Å². The van der Waals surface area contributed by atoms with Gasteiger partial charge in [-0.05, 0) is 49.6 Å². The van der Waals surface area contributed by atoms with Gasteiger partial charge in [0, 0.05) is 24.1 Å². The van der Waals surface area contributed by atoms with Crippen LogP contribution in [-0.4, -0.2) is 19.1 Å². The van der Waals surface area contributed by atoms with E-state index in [1.807, 2.05) is 31.2 Å². The van der Waals surface area contributed by atoms with Crippen molar-refractivity contribution in [2.24, 2.45) is 0 Å². The number of hydrogen-bond donors (Lipinski definition) is 1. The Labute approximate surface area is 147 Å². The Morgan fingerprint density at radius 3 is 2.92 bits per heavy atom. The number of benzene rings is 1. The number of carbonyl (C=O) groups is 1. The van der Waals surface area contributed by atoms with Crippen LogP contribution in [0.1, 0.15) is 40.8 Å². The van der Waals surface area contributed by atoms with Gasteiger partial charge in [0.05, 0.1) is 6.26 Å². The highest BCUT2D eigenvalue weighted by Gasteiger charge is 2.17. The molecule has 0 atom stereocenters. The number of fused-ring (bicyclic) bond motifs is 1. The summed E-state index contributed by atoms with van der Waals surface area (Å²) < 4.78 is 16.4. The normalized spacial score (nSPS) is 11.1. The van der Waals surface area contributed by atoms with Crippen LogP contribution in [-0.2, 0) is 17.8 Å². The second-order valence-electron chi connectivity index (χ2n) is 5.98. The molecule has 0 bridgehead atoms. The van der Waals surface area contributed by atoms with Crippen molar-refractivity contribution in [3.05, 3.63) is 59.2 Å². The minimum absolute atomic E-state index is 0.183. The first-order valence-electron chi connectivity index (χ1n) is 8.59. The summed E-state index contributed by atoms with van der Waals surface area (Å²) in [7, 11) is 0. The fourth-order valence-corrected chi connectivity index (χ4v) is 2.73. The quantitative estimate of drug-likeness (QED) is 0.623. The average Bonchev–Trinajstić information content (AvgIpc) is 3.25. The lowest BCUT2D eigenvalue weighted by atomic mass is 10.1. The number of amides is 1. The van der Waals surface area contributed by atoms with Crippen molar-refractivity contribution in [3.63, 3.8) is 0 Å². The third-order valence-electron chi connectivity index (χ3n) is 4.19. The molecule has 0 radical (unpaired) electrons. The molecule has 0 aliphatic heterocycles. The summed E-state index contributed by atoms with van der Waals surface area (Å²) in [6.07, 6.45) is 3.31. The molecule has 25 heavy (non-hydrogen) atoms. The maximum atomic E-state index is 12.3. The van der Waals surface area contributed by atoms with E-state index in [1.54, 1.807) is 6.26 Å². The van der Waals surface area contributed by atoms with E-state index in [0.29, 0.717) is 25.5 Å². The zero-order valence-corrected chi connectivity index (χ0v) is 14.6. The molecule has 5 nitrogen and oxygen atoms in total. The molecule has 132 valence electrons. The van der Waals surface area contributed by atoms with E-state index in [-0.39, 0.29) is 5.91 Å². The maximum absolute atomic E-state index is 12.3. The van der Waals surface area contributed by atoms with E-state index < -0.39 is 0 Å². The van der Waals surface area contributed by atoms with Crippen molar-refractivity contribution < 1.29 is 18.4 Å². The minimum Gasteiger partial charge on any atom is -0.467 e. The number of ether oxygens (including phenoxy) is 1. The van der Waals surface area contributed by atoms with Gasteiger partial charge < -0.3 is 18.9 Å². The van der Waals surface area contributed by atoms with E-state index in [9.17, 15) is 4.79 Å². The van der Waals surface area contributed by atoms with Crippen LogP contribution in [0.3, 0.4) is 0 Å². The first-order chi connectivity index (χ1) is 12.2. The van der Waals surface area contributed by atoms with Crippen molar-refractivity contribution in [1.29, 1.82) is 0 Å². The molecule has 0 spiro atoms. The largest absolute Gasteiger partial charge is 0.467 e. The van der Waals surface area contributed by atoms with Crippen LogP contribution in [0.25, 0.3) is 11.0 Å². The van der Waals surface area contributed by atoms with Gasteiger partial charge in [-0.25, -0.2) is 0 Å². The molecule has 1 N–H and O–H groups in total. The molecule has 1 aromatic carbocycles. The Bertz CT molecular complexity index is 833. The molecule has 0 aliphatic rings. The zero-order valence-electron chi connectivity index (χ0n) is 14.6. The number of nitrogens with one attached hydrogen (secondary N) is 1. The maximum Gasteiger partial charge on any atom is 0.287 e. The molecule has 5 heteroatoms. The van der Waals surface area contributed by atoms with Gasteiger partial charge in [0.2, 0.25) is 0 Å². The van der Waals surface area contributed by atoms with Crippen LogP contribution in [0.2, 0.25) is 0 Å². The van der Waals surface area contributed by atoms with Crippen LogP contribution < -0.4 is 5.32 Å². The topological polar surface area (TPSA) is 64.6 Å². The van der Waals surface area contributed by atoms with E-state index in [2.05, 4.69) is 18.3 Å². The molecule has 2 heterocycles. The molecule has 0 saturated heterocycles. The molecule has 1 amide bonds. The second kappa shape index (κ2) is 8.03. The monoisotopic (exact) mass is 341 g/mol. The summed E-state index contributed by atoms with van der Waals surface area (Å²) in [6, 6.07) is 9.76. The Hall–Kier alpha value is -2.53. The third kappa shape index (κ3) is 4.12. The summed E-state index contributed by atoms with van der Waals surface area (Å²) in [5.41, 5.74) is 2.87. The first-order valence-corrected chi connectivity index (χ1v) is 8.59. The Kier molecular flexibility index (Phi) is 5.56. The van der Waals surface area contributed by atoms with E-state index in [1.165, 1.54) is 5.56 Å². The molecular formula is C20H23NO4. The van der Waals surface area contributed by atoms with Gasteiger partial charge in [-0.1, -0.05) is 13.0 Å². The fraction of sp³-hybridized carbons (Fsp3) is 0.350. The standard InChI is InChI=1S/C20H23NO4/c1-3-15-7-8-18-17(12-15)14(2)19(25-18)20(22)21-9-5-10-23-13-16-6-4-11-24-16/h4,6-8,11-12H,3,5,9-10,13H2,1-2H3,(H,21,22). The lowest BCUT2D eigenvalue weighted by Crippen LogP contribution is -2.25. The van der Waals surface area contributed by atoms with E-state index in [0.717, 1.165) is 35.1 Å². The third-order valence-corrected chi connectivity index (χ3v) is 4.19. The SMILES string of the molecule is CCc1ccc2oc(C(=O)NCCCOCc3ccco3)c(C)c2c1. The number of furan rings is 2. The lowest BCUT2D eigenvalue weighted by Gasteiger charge is -2.04. The number of aryl methyl sites for hydroxylation is 2. The van der Waals surface area contributed by atoms with Gasteiger partial charge in [-0.2, -0.15) is 0 Å². The van der Waals surface area contributed by atoms with Crippen molar-refractivity contribution in [1.82, 2.24) is 5.32 Å². The Morgan fingerprint density at radius 2 is 2.16 bits per heavy atom. The molecule has 0 unspecified atom stereocenters. The fourth-order valence-electron chi connectivity index (χ4n) is 2.73. The molecule has 3 rings (SSSR count). The smallest absolute Gasteiger partial charge is 0.287 e. The lowest BCUT2D eigenvalue weighted by molar-refractivity contribution is 0.0895. The van der Waals surface area contributed by atoms with Crippen molar-refractivity contribution in [3.8, 4) is 0 Å².